The van der Waals surface area contributed by atoms with Crippen LogP contribution < -0.4 is 20.5 Å². The third-order valence-corrected chi connectivity index (χ3v) is 3.97. The number of methoxy groups -OCH3 is 1. The van der Waals surface area contributed by atoms with Gasteiger partial charge < -0.3 is 14.0 Å². The molecule has 0 aliphatic heterocycles. The first-order valence-corrected chi connectivity index (χ1v) is 8.81. The SMILES string of the molecule is CCOc1cc(/C=N\NC(=O)c2cccn(C(C)C)c2=O)cc(Cl)c1OC. The van der Waals surface area contributed by atoms with Gasteiger partial charge in [0.1, 0.15) is 5.56 Å². The summed E-state index contributed by atoms with van der Waals surface area (Å²) in [5, 5.41) is 4.26. The van der Waals surface area contributed by atoms with Crippen LogP contribution in [0.3, 0.4) is 0 Å². The minimum atomic E-state index is -0.587. The molecule has 27 heavy (non-hydrogen) atoms. The third-order valence-electron chi connectivity index (χ3n) is 3.69. The summed E-state index contributed by atoms with van der Waals surface area (Å²) < 4.78 is 12.2. The van der Waals surface area contributed by atoms with Crippen molar-refractivity contribution in [2.75, 3.05) is 13.7 Å². The molecule has 0 aliphatic rings. The molecule has 1 amide bonds. The number of nitrogens with zero attached hydrogens (tertiary/aromatic N) is 2. The molecule has 7 nitrogen and oxygen atoms in total. The first-order valence-electron chi connectivity index (χ1n) is 8.43. The van der Waals surface area contributed by atoms with E-state index in [4.69, 9.17) is 21.1 Å². The van der Waals surface area contributed by atoms with E-state index in [2.05, 4.69) is 10.5 Å². The second-order valence-electron chi connectivity index (χ2n) is 5.89. The number of rotatable bonds is 7. The Kier molecular flexibility index (Phi) is 7.01. The molecule has 1 heterocycles. The number of halogens is 1. The Hall–Kier alpha value is -2.80. The van der Waals surface area contributed by atoms with E-state index in [9.17, 15) is 9.59 Å². The Labute approximate surface area is 162 Å². The Morgan fingerprint density at radius 3 is 2.78 bits per heavy atom. The number of carbonyl (C=O) groups is 1. The van der Waals surface area contributed by atoms with Crippen LogP contribution in [0.5, 0.6) is 11.5 Å². The minimum Gasteiger partial charge on any atom is -0.491 e. The van der Waals surface area contributed by atoms with Gasteiger partial charge in [0.2, 0.25) is 0 Å². The molecule has 0 atom stereocenters. The number of pyridine rings is 1. The molecule has 2 aromatic rings. The normalized spacial score (nSPS) is 11.0. The number of hydrazone groups is 1. The molecule has 0 fully saturated rings. The molecule has 0 aliphatic carbocycles. The molecular weight excluding hydrogens is 370 g/mol. The summed E-state index contributed by atoms with van der Waals surface area (Å²) in [4.78, 5) is 24.6. The number of benzene rings is 1. The highest BCUT2D eigenvalue weighted by Gasteiger charge is 2.13. The lowest BCUT2D eigenvalue weighted by Crippen LogP contribution is -2.31. The van der Waals surface area contributed by atoms with Gasteiger partial charge in [-0.15, -0.1) is 0 Å². The highest BCUT2D eigenvalue weighted by atomic mass is 35.5. The monoisotopic (exact) mass is 391 g/mol. The standard InChI is InChI=1S/C19H22ClN3O4/c1-5-27-16-10-13(9-15(20)17(16)26-4)11-21-22-18(24)14-7-6-8-23(12(2)3)19(14)25/h6-12H,5H2,1-4H3,(H,22,24)/b21-11-. The maximum atomic E-state index is 12.3. The molecule has 8 heteroatoms. The third kappa shape index (κ3) is 4.89. The molecule has 1 aromatic heterocycles. The van der Waals surface area contributed by atoms with Crippen LogP contribution in [0.4, 0.5) is 0 Å². The fraction of sp³-hybridized carbons (Fsp3) is 0.316. The summed E-state index contributed by atoms with van der Waals surface area (Å²) >= 11 is 6.18. The van der Waals surface area contributed by atoms with Gasteiger partial charge in [-0.3, -0.25) is 9.59 Å². The molecule has 0 bridgehead atoms. The molecule has 0 saturated heterocycles. The fourth-order valence-electron chi connectivity index (χ4n) is 2.44. The topological polar surface area (TPSA) is 81.9 Å². The van der Waals surface area contributed by atoms with E-state index in [0.29, 0.717) is 28.7 Å². The van der Waals surface area contributed by atoms with Gasteiger partial charge in [-0.25, -0.2) is 5.43 Å². The van der Waals surface area contributed by atoms with Crippen LogP contribution in [0.25, 0.3) is 0 Å². The smallest absolute Gasteiger partial charge is 0.276 e. The van der Waals surface area contributed by atoms with Crippen molar-refractivity contribution in [3.05, 3.63) is 57.0 Å². The van der Waals surface area contributed by atoms with Crippen molar-refractivity contribution < 1.29 is 14.3 Å². The van der Waals surface area contributed by atoms with Crippen LogP contribution in [0, 0.1) is 0 Å². The summed E-state index contributed by atoms with van der Waals surface area (Å²) in [5.41, 5.74) is 2.61. The number of nitrogens with one attached hydrogen (secondary N) is 1. The molecule has 2 rings (SSSR count). The number of hydrogen-bond acceptors (Lipinski definition) is 5. The van der Waals surface area contributed by atoms with Gasteiger partial charge >= 0.3 is 0 Å². The Morgan fingerprint density at radius 1 is 1.41 bits per heavy atom. The molecule has 1 aromatic carbocycles. The van der Waals surface area contributed by atoms with Gasteiger partial charge in [-0.1, -0.05) is 11.6 Å². The van der Waals surface area contributed by atoms with Gasteiger partial charge in [0.05, 0.1) is 25.0 Å². The number of hydrogen-bond donors (Lipinski definition) is 1. The lowest BCUT2D eigenvalue weighted by Gasteiger charge is -2.11. The molecule has 0 saturated carbocycles. The minimum absolute atomic E-state index is 0.0196. The van der Waals surface area contributed by atoms with E-state index in [1.54, 1.807) is 24.4 Å². The maximum Gasteiger partial charge on any atom is 0.276 e. The Balaban J connectivity index is 2.19. The molecule has 0 radical (unpaired) electrons. The predicted octanol–water partition coefficient (Wildman–Crippen LogP) is 3.25. The van der Waals surface area contributed by atoms with Crippen LogP contribution in [0.2, 0.25) is 5.02 Å². The number of carbonyl (C=O) groups excluding carboxylic acids is 1. The second kappa shape index (κ2) is 9.23. The largest absolute Gasteiger partial charge is 0.491 e. The zero-order valence-corrected chi connectivity index (χ0v) is 16.4. The van der Waals surface area contributed by atoms with E-state index < -0.39 is 5.91 Å². The zero-order valence-electron chi connectivity index (χ0n) is 15.7. The maximum absolute atomic E-state index is 12.3. The lowest BCUT2D eigenvalue weighted by molar-refractivity contribution is 0.0953. The zero-order chi connectivity index (χ0) is 20.0. The van der Waals surface area contributed by atoms with Crippen molar-refractivity contribution in [3.8, 4) is 11.5 Å². The van der Waals surface area contributed by atoms with Gasteiger partial charge in [-0.2, -0.15) is 5.10 Å². The Bertz CT molecular complexity index is 906. The summed E-state index contributed by atoms with van der Waals surface area (Å²) in [7, 11) is 1.50. The van der Waals surface area contributed by atoms with E-state index in [1.165, 1.54) is 24.0 Å². The van der Waals surface area contributed by atoms with Crippen molar-refractivity contribution in [1.82, 2.24) is 9.99 Å². The molecule has 0 unspecified atom stereocenters. The van der Waals surface area contributed by atoms with Gasteiger partial charge in [0.25, 0.3) is 11.5 Å². The van der Waals surface area contributed by atoms with Crippen LogP contribution in [0.1, 0.15) is 42.7 Å². The van der Waals surface area contributed by atoms with Gasteiger partial charge in [0.15, 0.2) is 11.5 Å². The highest BCUT2D eigenvalue weighted by Crippen LogP contribution is 2.35. The lowest BCUT2D eigenvalue weighted by atomic mass is 10.2. The summed E-state index contributed by atoms with van der Waals surface area (Å²) in [6, 6.07) is 6.39. The highest BCUT2D eigenvalue weighted by molar-refractivity contribution is 6.32. The first kappa shape index (κ1) is 20.5. The fourth-order valence-corrected chi connectivity index (χ4v) is 2.73. The van der Waals surface area contributed by atoms with Gasteiger partial charge in [-0.05, 0) is 50.6 Å². The average molecular weight is 392 g/mol. The van der Waals surface area contributed by atoms with Gasteiger partial charge in [0, 0.05) is 12.2 Å². The number of ether oxygens (including phenoxy) is 2. The number of amides is 1. The van der Waals surface area contributed by atoms with Crippen molar-refractivity contribution >= 4 is 23.7 Å². The van der Waals surface area contributed by atoms with Crippen molar-refractivity contribution in [2.24, 2.45) is 5.10 Å². The van der Waals surface area contributed by atoms with Crippen molar-refractivity contribution in [3.63, 3.8) is 0 Å². The van der Waals surface area contributed by atoms with E-state index in [1.807, 2.05) is 20.8 Å². The van der Waals surface area contributed by atoms with Crippen LogP contribution in [0.15, 0.2) is 40.4 Å². The summed E-state index contributed by atoms with van der Waals surface area (Å²) in [6.45, 7) is 6.02. The summed E-state index contributed by atoms with van der Waals surface area (Å²) in [5.74, 6) is 0.317. The van der Waals surface area contributed by atoms with Crippen LogP contribution in [-0.4, -0.2) is 30.4 Å². The van der Waals surface area contributed by atoms with Crippen molar-refractivity contribution in [2.45, 2.75) is 26.8 Å². The molecule has 144 valence electrons. The predicted molar refractivity (Wildman–Crippen MR) is 105 cm³/mol. The van der Waals surface area contributed by atoms with Crippen LogP contribution >= 0.6 is 11.6 Å². The molecule has 1 N–H and O–H groups in total. The Morgan fingerprint density at radius 2 is 2.15 bits per heavy atom. The first-order chi connectivity index (χ1) is 12.9. The second-order valence-corrected chi connectivity index (χ2v) is 6.30. The van der Waals surface area contributed by atoms with E-state index >= 15 is 0 Å². The van der Waals surface area contributed by atoms with Crippen LogP contribution in [-0.2, 0) is 0 Å². The number of aromatic nitrogens is 1. The van der Waals surface area contributed by atoms with E-state index in [-0.39, 0.29) is 17.2 Å². The van der Waals surface area contributed by atoms with E-state index in [0.717, 1.165) is 0 Å². The molecule has 0 spiro atoms. The van der Waals surface area contributed by atoms with Crippen molar-refractivity contribution in [1.29, 1.82) is 0 Å². The summed E-state index contributed by atoms with van der Waals surface area (Å²) in [6.07, 6.45) is 3.05. The average Bonchev–Trinajstić information content (AvgIpc) is 2.61. The molecular formula is C19H22ClN3O4. The quantitative estimate of drug-likeness (QED) is 0.580.